The molecule has 19 heavy (non-hydrogen) atoms. The standard InChI is InChI=1S/C13H21N3O2S/c1-10-5-7-12(8-6-10)19(17,18)9-11(2)15-13(14)16(3)4/h5-8,11H,9H2,1-4H3,(H2,14,15). The normalized spacial score (nSPS) is 14.2. The van der Waals surface area contributed by atoms with Gasteiger partial charge in [-0.2, -0.15) is 0 Å². The first kappa shape index (κ1) is 15.5. The molecule has 106 valence electrons. The Labute approximate surface area is 115 Å². The maximum Gasteiger partial charge on any atom is 0.191 e. The lowest BCUT2D eigenvalue weighted by Gasteiger charge is -2.14. The van der Waals surface area contributed by atoms with E-state index in [1.165, 1.54) is 0 Å². The molecule has 0 bridgehead atoms. The fourth-order valence-electron chi connectivity index (χ4n) is 1.54. The fraction of sp³-hybridized carbons (Fsp3) is 0.462. The molecule has 0 saturated heterocycles. The number of aliphatic imine (C=N–C) groups is 1. The van der Waals surface area contributed by atoms with Crippen molar-refractivity contribution in [2.45, 2.75) is 24.8 Å². The SMILES string of the molecule is Cc1ccc(S(=O)(=O)CC(C)N=C(N)N(C)C)cc1. The van der Waals surface area contributed by atoms with E-state index >= 15 is 0 Å². The first-order valence-electron chi connectivity index (χ1n) is 6.02. The first-order valence-corrected chi connectivity index (χ1v) is 7.67. The van der Waals surface area contributed by atoms with Gasteiger partial charge in [-0.1, -0.05) is 17.7 Å². The predicted molar refractivity (Wildman–Crippen MR) is 78.0 cm³/mol. The van der Waals surface area contributed by atoms with Crippen molar-refractivity contribution in [3.63, 3.8) is 0 Å². The van der Waals surface area contributed by atoms with Crippen LogP contribution in [0.4, 0.5) is 0 Å². The molecule has 0 aliphatic carbocycles. The second-order valence-electron chi connectivity index (χ2n) is 4.83. The van der Waals surface area contributed by atoms with Gasteiger partial charge in [0.15, 0.2) is 15.8 Å². The maximum atomic E-state index is 12.2. The molecule has 1 unspecified atom stereocenters. The molecule has 1 aromatic carbocycles. The van der Waals surface area contributed by atoms with E-state index in [2.05, 4.69) is 4.99 Å². The number of aryl methyl sites for hydroxylation is 1. The molecule has 5 nitrogen and oxygen atoms in total. The molecule has 0 amide bonds. The number of rotatable bonds is 4. The number of hydrogen-bond acceptors (Lipinski definition) is 3. The second-order valence-corrected chi connectivity index (χ2v) is 6.86. The minimum Gasteiger partial charge on any atom is -0.370 e. The Morgan fingerprint density at radius 3 is 2.32 bits per heavy atom. The van der Waals surface area contributed by atoms with Crippen LogP contribution >= 0.6 is 0 Å². The lowest BCUT2D eigenvalue weighted by molar-refractivity contribution is 0.583. The zero-order valence-corrected chi connectivity index (χ0v) is 12.6. The van der Waals surface area contributed by atoms with Gasteiger partial charge in [0.25, 0.3) is 0 Å². The summed E-state index contributed by atoms with van der Waals surface area (Å²) in [5.74, 6) is 0.275. The van der Waals surface area contributed by atoms with E-state index in [1.807, 2.05) is 6.92 Å². The van der Waals surface area contributed by atoms with Crippen LogP contribution in [0.25, 0.3) is 0 Å². The topological polar surface area (TPSA) is 75.8 Å². The van der Waals surface area contributed by atoms with Crippen LogP contribution in [-0.4, -0.2) is 45.2 Å². The molecule has 0 fully saturated rings. The third-order valence-electron chi connectivity index (χ3n) is 2.65. The van der Waals surface area contributed by atoms with Crippen LogP contribution in [0, 0.1) is 6.92 Å². The number of nitrogens with two attached hydrogens (primary N) is 1. The second kappa shape index (κ2) is 6.06. The largest absolute Gasteiger partial charge is 0.370 e. The first-order chi connectivity index (χ1) is 8.72. The molecule has 0 aliphatic heterocycles. The summed E-state index contributed by atoms with van der Waals surface area (Å²) in [6, 6.07) is 6.44. The summed E-state index contributed by atoms with van der Waals surface area (Å²) in [7, 11) is 0.199. The number of hydrogen-bond donors (Lipinski definition) is 1. The monoisotopic (exact) mass is 283 g/mol. The van der Waals surface area contributed by atoms with Gasteiger partial charge in [0.05, 0.1) is 16.7 Å². The zero-order valence-electron chi connectivity index (χ0n) is 11.8. The zero-order chi connectivity index (χ0) is 14.6. The highest BCUT2D eigenvalue weighted by Crippen LogP contribution is 2.14. The molecule has 0 spiro atoms. The van der Waals surface area contributed by atoms with E-state index in [4.69, 9.17) is 5.73 Å². The Morgan fingerprint density at radius 2 is 1.84 bits per heavy atom. The van der Waals surface area contributed by atoms with Crippen LogP contribution in [0.2, 0.25) is 0 Å². The minimum atomic E-state index is -3.33. The number of guanidine groups is 1. The lowest BCUT2D eigenvalue weighted by Crippen LogP contribution is -2.32. The van der Waals surface area contributed by atoms with E-state index in [-0.39, 0.29) is 11.8 Å². The van der Waals surface area contributed by atoms with Gasteiger partial charge in [-0.05, 0) is 26.0 Å². The van der Waals surface area contributed by atoms with E-state index in [0.717, 1.165) is 5.56 Å². The summed E-state index contributed by atoms with van der Waals surface area (Å²) in [5.41, 5.74) is 6.71. The van der Waals surface area contributed by atoms with Crippen molar-refractivity contribution in [2.75, 3.05) is 19.8 Å². The number of nitrogens with zero attached hydrogens (tertiary/aromatic N) is 2. The average Bonchev–Trinajstić information content (AvgIpc) is 2.28. The van der Waals surface area contributed by atoms with E-state index in [0.29, 0.717) is 10.9 Å². The minimum absolute atomic E-state index is 0.0510. The molecule has 1 aromatic rings. The van der Waals surface area contributed by atoms with Crippen molar-refractivity contribution in [2.24, 2.45) is 10.7 Å². The van der Waals surface area contributed by atoms with Gasteiger partial charge in [0, 0.05) is 14.1 Å². The molecular formula is C13H21N3O2S. The van der Waals surface area contributed by atoms with E-state index in [9.17, 15) is 8.42 Å². The molecule has 2 N–H and O–H groups in total. The van der Waals surface area contributed by atoms with Gasteiger partial charge in [0.1, 0.15) is 0 Å². The van der Waals surface area contributed by atoms with Crippen LogP contribution in [0.5, 0.6) is 0 Å². The highest BCUT2D eigenvalue weighted by atomic mass is 32.2. The molecule has 0 aliphatic rings. The quantitative estimate of drug-likeness (QED) is 0.661. The summed E-state index contributed by atoms with van der Waals surface area (Å²) in [6.45, 7) is 3.66. The van der Waals surface area contributed by atoms with Gasteiger partial charge >= 0.3 is 0 Å². The van der Waals surface area contributed by atoms with Gasteiger partial charge in [-0.3, -0.25) is 0 Å². The van der Waals surface area contributed by atoms with Crippen LogP contribution in [0.3, 0.4) is 0 Å². The molecule has 0 aromatic heterocycles. The molecule has 1 atom stereocenters. The Kier molecular flexibility index (Phi) is 4.94. The number of sulfone groups is 1. The third-order valence-corrected chi connectivity index (χ3v) is 4.56. The van der Waals surface area contributed by atoms with Crippen molar-refractivity contribution in [3.05, 3.63) is 29.8 Å². The van der Waals surface area contributed by atoms with Crippen molar-refractivity contribution in [1.29, 1.82) is 0 Å². The molecule has 0 saturated carbocycles. The molecule has 0 heterocycles. The van der Waals surface area contributed by atoms with Crippen LogP contribution in [0.1, 0.15) is 12.5 Å². The van der Waals surface area contributed by atoms with Crippen molar-refractivity contribution in [1.82, 2.24) is 4.90 Å². The fourth-order valence-corrected chi connectivity index (χ4v) is 2.99. The van der Waals surface area contributed by atoms with Gasteiger partial charge in [-0.15, -0.1) is 0 Å². The molecule has 0 radical (unpaired) electrons. The van der Waals surface area contributed by atoms with Gasteiger partial charge in [-0.25, -0.2) is 13.4 Å². The van der Waals surface area contributed by atoms with Gasteiger partial charge < -0.3 is 10.6 Å². The Bertz CT molecular complexity index is 548. The third kappa shape index (κ3) is 4.55. The summed E-state index contributed by atoms with van der Waals surface area (Å²) >= 11 is 0. The summed E-state index contributed by atoms with van der Waals surface area (Å²) in [4.78, 5) is 6.12. The smallest absolute Gasteiger partial charge is 0.191 e. The van der Waals surface area contributed by atoms with Crippen LogP contribution in [-0.2, 0) is 9.84 Å². The van der Waals surface area contributed by atoms with E-state index < -0.39 is 9.84 Å². The molecular weight excluding hydrogens is 262 g/mol. The summed E-state index contributed by atoms with van der Waals surface area (Å²) in [5, 5.41) is 0. The predicted octanol–water partition coefficient (Wildman–Crippen LogP) is 1.03. The maximum absolute atomic E-state index is 12.2. The van der Waals surface area contributed by atoms with Crippen LogP contribution < -0.4 is 5.73 Å². The van der Waals surface area contributed by atoms with E-state index in [1.54, 1.807) is 50.2 Å². The van der Waals surface area contributed by atoms with Crippen LogP contribution in [0.15, 0.2) is 34.2 Å². The summed E-state index contributed by atoms with van der Waals surface area (Å²) < 4.78 is 24.4. The molecule has 6 heteroatoms. The number of benzene rings is 1. The van der Waals surface area contributed by atoms with Crippen molar-refractivity contribution < 1.29 is 8.42 Å². The Balaban J connectivity index is 2.86. The lowest BCUT2D eigenvalue weighted by atomic mass is 10.2. The van der Waals surface area contributed by atoms with Crippen molar-refractivity contribution in [3.8, 4) is 0 Å². The Morgan fingerprint density at radius 1 is 1.32 bits per heavy atom. The Hall–Kier alpha value is -1.56. The van der Waals surface area contributed by atoms with Crippen molar-refractivity contribution >= 4 is 15.8 Å². The highest BCUT2D eigenvalue weighted by Gasteiger charge is 2.18. The summed E-state index contributed by atoms with van der Waals surface area (Å²) in [6.07, 6.45) is 0. The molecule has 1 rings (SSSR count). The van der Waals surface area contributed by atoms with Gasteiger partial charge in [0.2, 0.25) is 0 Å². The average molecular weight is 283 g/mol. The highest BCUT2D eigenvalue weighted by molar-refractivity contribution is 7.91.